The molecule has 1 aliphatic rings. The summed E-state index contributed by atoms with van der Waals surface area (Å²) in [5.41, 5.74) is 1.72. The van der Waals surface area contributed by atoms with E-state index in [2.05, 4.69) is 10.4 Å². The zero-order valence-electron chi connectivity index (χ0n) is 10.4. The second-order valence-corrected chi connectivity index (χ2v) is 4.85. The Morgan fingerprint density at radius 1 is 1.47 bits per heavy atom. The van der Waals surface area contributed by atoms with Crippen LogP contribution in [0.25, 0.3) is 0 Å². The lowest BCUT2D eigenvalue weighted by Gasteiger charge is -2.15. The van der Waals surface area contributed by atoms with Gasteiger partial charge < -0.3 is 5.32 Å². The standard InChI is InChI=1S/C12H19N3O2/c1-8(2)11(16)13-7-9-10-5-3-4-6-15(10)14-12(9)17/h8H,3-7H2,1-2H3,(H,13,16)(H,14,17). The number of carbonyl (C=O) groups is 1. The molecule has 0 unspecified atom stereocenters. The van der Waals surface area contributed by atoms with Gasteiger partial charge in [0.2, 0.25) is 5.91 Å². The average molecular weight is 237 g/mol. The van der Waals surface area contributed by atoms with Crippen LogP contribution < -0.4 is 10.9 Å². The highest BCUT2D eigenvalue weighted by Gasteiger charge is 2.18. The smallest absolute Gasteiger partial charge is 0.269 e. The minimum absolute atomic E-state index is 0.0137. The maximum atomic E-state index is 11.8. The summed E-state index contributed by atoms with van der Waals surface area (Å²) in [5.74, 6) is -0.0623. The Hall–Kier alpha value is -1.52. The first kappa shape index (κ1) is 12.0. The van der Waals surface area contributed by atoms with E-state index >= 15 is 0 Å². The van der Waals surface area contributed by atoms with Crippen molar-refractivity contribution in [3.05, 3.63) is 21.6 Å². The van der Waals surface area contributed by atoms with Gasteiger partial charge in [-0.15, -0.1) is 0 Å². The van der Waals surface area contributed by atoms with Crippen LogP contribution >= 0.6 is 0 Å². The van der Waals surface area contributed by atoms with E-state index in [1.165, 1.54) is 0 Å². The summed E-state index contributed by atoms with van der Waals surface area (Å²) in [6, 6.07) is 0. The van der Waals surface area contributed by atoms with Crippen LogP contribution in [0.5, 0.6) is 0 Å². The summed E-state index contributed by atoms with van der Waals surface area (Å²) in [6.07, 6.45) is 3.14. The number of hydrogen-bond donors (Lipinski definition) is 2. The molecule has 17 heavy (non-hydrogen) atoms. The van der Waals surface area contributed by atoms with Crippen LogP contribution in [0, 0.1) is 5.92 Å². The number of carbonyl (C=O) groups excluding carboxylic acids is 1. The quantitative estimate of drug-likeness (QED) is 0.816. The molecule has 2 rings (SSSR count). The Balaban J connectivity index is 2.13. The van der Waals surface area contributed by atoms with Gasteiger partial charge in [-0.1, -0.05) is 13.8 Å². The van der Waals surface area contributed by atoms with E-state index in [4.69, 9.17) is 0 Å². The Morgan fingerprint density at radius 3 is 2.94 bits per heavy atom. The number of nitrogens with zero attached hydrogens (tertiary/aromatic N) is 1. The average Bonchev–Trinajstić information content (AvgIpc) is 2.61. The lowest BCUT2D eigenvalue weighted by Crippen LogP contribution is -2.29. The largest absolute Gasteiger partial charge is 0.352 e. The van der Waals surface area contributed by atoms with E-state index in [0.717, 1.165) is 37.1 Å². The van der Waals surface area contributed by atoms with Crippen LogP contribution in [0.4, 0.5) is 0 Å². The van der Waals surface area contributed by atoms with Crippen molar-refractivity contribution in [1.82, 2.24) is 15.1 Å². The molecule has 1 aliphatic heterocycles. The van der Waals surface area contributed by atoms with Crippen LogP contribution in [0.15, 0.2) is 4.79 Å². The highest BCUT2D eigenvalue weighted by atomic mass is 16.2. The molecule has 94 valence electrons. The van der Waals surface area contributed by atoms with Crippen LogP contribution in [-0.4, -0.2) is 15.7 Å². The summed E-state index contributed by atoms with van der Waals surface area (Å²) in [6.45, 7) is 4.90. The molecule has 0 saturated heterocycles. The number of amides is 1. The van der Waals surface area contributed by atoms with Gasteiger partial charge in [0.1, 0.15) is 0 Å². The molecule has 0 saturated carbocycles. The maximum absolute atomic E-state index is 11.8. The third kappa shape index (κ3) is 2.43. The number of aromatic nitrogens is 2. The fourth-order valence-corrected chi connectivity index (χ4v) is 2.15. The molecule has 5 nitrogen and oxygen atoms in total. The molecule has 1 aromatic rings. The predicted octanol–water partition coefficient (Wildman–Crippen LogP) is 0.785. The van der Waals surface area contributed by atoms with Crippen molar-refractivity contribution in [2.24, 2.45) is 5.92 Å². The molecule has 1 amide bonds. The van der Waals surface area contributed by atoms with Crippen LogP contribution in [0.1, 0.15) is 37.9 Å². The number of aromatic amines is 1. The number of fused-ring (bicyclic) bond motifs is 1. The third-order valence-electron chi connectivity index (χ3n) is 3.19. The highest BCUT2D eigenvalue weighted by Crippen LogP contribution is 2.15. The fraction of sp³-hybridized carbons (Fsp3) is 0.667. The molecule has 0 aromatic carbocycles. The molecular formula is C12H19N3O2. The molecule has 0 atom stereocenters. The summed E-state index contributed by atoms with van der Waals surface area (Å²) in [7, 11) is 0. The second kappa shape index (κ2) is 4.77. The van der Waals surface area contributed by atoms with Crippen molar-refractivity contribution in [2.75, 3.05) is 0 Å². The van der Waals surface area contributed by atoms with Gasteiger partial charge in [0, 0.05) is 18.2 Å². The van der Waals surface area contributed by atoms with Crippen molar-refractivity contribution in [3.63, 3.8) is 0 Å². The molecule has 0 aliphatic carbocycles. The van der Waals surface area contributed by atoms with Crippen molar-refractivity contribution in [3.8, 4) is 0 Å². The van der Waals surface area contributed by atoms with E-state index < -0.39 is 0 Å². The number of H-pyrrole nitrogens is 1. The summed E-state index contributed by atoms with van der Waals surface area (Å²) in [4.78, 5) is 23.2. The lowest BCUT2D eigenvalue weighted by molar-refractivity contribution is -0.124. The van der Waals surface area contributed by atoms with E-state index in [0.29, 0.717) is 6.54 Å². The molecule has 0 bridgehead atoms. The zero-order chi connectivity index (χ0) is 12.4. The van der Waals surface area contributed by atoms with Gasteiger partial charge in [-0.2, -0.15) is 0 Å². The Bertz CT molecular complexity index is 471. The van der Waals surface area contributed by atoms with Gasteiger partial charge in [-0.3, -0.25) is 19.4 Å². The van der Waals surface area contributed by atoms with Crippen molar-refractivity contribution < 1.29 is 4.79 Å². The summed E-state index contributed by atoms with van der Waals surface area (Å²) >= 11 is 0. The zero-order valence-corrected chi connectivity index (χ0v) is 10.4. The first-order chi connectivity index (χ1) is 8.09. The minimum atomic E-state index is -0.0639. The van der Waals surface area contributed by atoms with Gasteiger partial charge in [-0.05, 0) is 19.3 Å². The van der Waals surface area contributed by atoms with Gasteiger partial charge in [0.05, 0.1) is 12.1 Å². The number of nitrogens with one attached hydrogen (secondary N) is 2. The highest BCUT2D eigenvalue weighted by molar-refractivity contribution is 5.77. The van der Waals surface area contributed by atoms with Crippen LogP contribution in [0.2, 0.25) is 0 Å². The lowest BCUT2D eigenvalue weighted by atomic mass is 10.1. The van der Waals surface area contributed by atoms with E-state index in [1.807, 2.05) is 18.5 Å². The Morgan fingerprint density at radius 2 is 2.24 bits per heavy atom. The molecular weight excluding hydrogens is 218 g/mol. The summed E-state index contributed by atoms with van der Waals surface area (Å²) in [5, 5.41) is 5.63. The van der Waals surface area contributed by atoms with Crippen molar-refractivity contribution >= 4 is 5.91 Å². The first-order valence-corrected chi connectivity index (χ1v) is 6.18. The number of rotatable bonds is 3. The van der Waals surface area contributed by atoms with E-state index in [9.17, 15) is 9.59 Å². The SMILES string of the molecule is CC(C)C(=O)NCc1c2n([nH]c1=O)CCCC2. The van der Waals surface area contributed by atoms with Gasteiger partial charge in [0.25, 0.3) is 5.56 Å². The molecule has 2 heterocycles. The van der Waals surface area contributed by atoms with E-state index in [1.54, 1.807) is 0 Å². The number of aryl methyl sites for hydroxylation is 1. The topological polar surface area (TPSA) is 66.9 Å². The van der Waals surface area contributed by atoms with Crippen molar-refractivity contribution in [2.45, 2.75) is 46.2 Å². The molecule has 0 radical (unpaired) electrons. The Kier molecular flexibility index (Phi) is 3.36. The van der Waals surface area contributed by atoms with E-state index in [-0.39, 0.29) is 17.4 Å². The minimum Gasteiger partial charge on any atom is -0.352 e. The van der Waals surface area contributed by atoms with Crippen LogP contribution in [-0.2, 0) is 24.3 Å². The Labute approximate surface area is 100 Å². The molecule has 2 N–H and O–H groups in total. The van der Waals surface area contributed by atoms with Gasteiger partial charge in [0.15, 0.2) is 0 Å². The molecule has 1 aromatic heterocycles. The van der Waals surface area contributed by atoms with Gasteiger partial charge >= 0.3 is 0 Å². The van der Waals surface area contributed by atoms with Crippen molar-refractivity contribution in [1.29, 1.82) is 0 Å². The molecule has 5 heteroatoms. The third-order valence-corrected chi connectivity index (χ3v) is 3.19. The first-order valence-electron chi connectivity index (χ1n) is 6.18. The van der Waals surface area contributed by atoms with Crippen LogP contribution in [0.3, 0.4) is 0 Å². The monoisotopic (exact) mass is 237 g/mol. The fourth-order valence-electron chi connectivity index (χ4n) is 2.15. The predicted molar refractivity (Wildman–Crippen MR) is 64.7 cm³/mol. The second-order valence-electron chi connectivity index (χ2n) is 4.85. The van der Waals surface area contributed by atoms with Gasteiger partial charge in [-0.25, -0.2) is 0 Å². The maximum Gasteiger partial charge on any atom is 0.269 e. The summed E-state index contributed by atoms with van der Waals surface area (Å²) < 4.78 is 1.92. The molecule has 0 spiro atoms. The normalized spacial score (nSPS) is 14.8. The number of hydrogen-bond acceptors (Lipinski definition) is 2. The molecule has 0 fully saturated rings.